The number of primary sulfonamides is 1. The summed E-state index contributed by atoms with van der Waals surface area (Å²) in [6.07, 6.45) is 0. The van der Waals surface area contributed by atoms with E-state index in [0.29, 0.717) is 5.69 Å². The van der Waals surface area contributed by atoms with Crippen molar-refractivity contribution in [2.75, 3.05) is 22.3 Å². The smallest absolute Gasteiger partial charge is 0.319 e. The van der Waals surface area contributed by atoms with Crippen molar-refractivity contribution >= 4 is 37.5 Å². The highest BCUT2D eigenvalue weighted by atomic mass is 32.2. The molecule has 11 heteroatoms. The molecule has 0 fully saturated rings. The lowest BCUT2D eigenvalue weighted by Crippen LogP contribution is -2.34. The molecule has 0 atom stereocenters. The Kier molecular flexibility index (Phi) is 7.13. The standard InChI is InChI=1S/C21H22N4O5S2/c22-32(29,30)20-12-10-19(11-13-20)25-31(27,28)15-14-23-21(26)24-18-8-6-17(7-9-18)16-4-2-1-3-5-16/h1-13,25H,14-15H2,(H2,22,29,30)(H2,23,24,26). The summed E-state index contributed by atoms with van der Waals surface area (Å²) in [4.78, 5) is 11.9. The first-order chi connectivity index (χ1) is 15.1. The molecule has 168 valence electrons. The molecule has 32 heavy (non-hydrogen) atoms. The van der Waals surface area contributed by atoms with E-state index in [2.05, 4.69) is 15.4 Å². The first-order valence-corrected chi connectivity index (χ1v) is 12.7. The van der Waals surface area contributed by atoms with Gasteiger partial charge in [0.1, 0.15) is 0 Å². The van der Waals surface area contributed by atoms with Crippen LogP contribution in [0.2, 0.25) is 0 Å². The van der Waals surface area contributed by atoms with Gasteiger partial charge in [-0.15, -0.1) is 0 Å². The van der Waals surface area contributed by atoms with Crippen LogP contribution in [-0.2, 0) is 20.0 Å². The maximum absolute atomic E-state index is 12.2. The molecule has 0 spiro atoms. The Morgan fingerprint density at radius 2 is 1.31 bits per heavy atom. The number of rotatable bonds is 8. The van der Waals surface area contributed by atoms with Crippen molar-refractivity contribution in [1.82, 2.24) is 5.32 Å². The molecule has 0 saturated heterocycles. The van der Waals surface area contributed by atoms with Crippen LogP contribution in [0.3, 0.4) is 0 Å². The summed E-state index contributed by atoms with van der Waals surface area (Å²) in [7, 11) is -7.62. The minimum absolute atomic E-state index is 0.126. The fraction of sp³-hybridized carbons (Fsp3) is 0.0952. The lowest BCUT2D eigenvalue weighted by molar-refractivity contribution is 0.252. The van der Waals surface area contributed by atoms with E-state index in [1.165, 1.54) is 24.3 Å². The molecule has 0 aliphatic carbocycles. The van der Waals surface area contributed by atoms with Gasteiger partial charge in [0.05, 0.1) is 10.6 Å². The first-order valence-electron chi connectivity index (χ1n) is 9.46. The molecule has 9 nitrogen and oxygen atoms in total. The number of carbonyl (C=O) groups excluding carboxylic acids is 1. The van der Waals surface area contributed by atoms with E-state index < -0.39 is 26.1 Å². The first kappa shape index (κ1) is 23.3. The van der Waals surface area contributed by atoms with E-state index in [4.69, 9.17) is 5.14 Å². The fourth-order valence-electron chi connectivity index (χ4n) is 2.79. The number of nitrogens with two attached hydrogens (primary N) is 1. The number of sulfonamides is 2. The molecular weight excluding hydrogens is 452 g/mol. The SMILES string of the molecule is NS(=O)(=O)c1ccc(NS(=O)(=O)CCNC(=O)Nc2ccc(-c3ccccc3)cc2)cc1. The van der Waals surface area contributed by atoms with Crippen molar-refractivity contribution in [3.05, 3.63) is 78.9 Å². The van der Waals surface area contributed by atoms with Crippen LogP contribution in [0.15, 0.2) is 83.8 Å². The third kappa shape index (κ3) is 6.80. The van der Waals surface area contributed by atoms with Crippen molar-refractivity contribution in [2.45, 2.75) is 4.90 Å². The second kappa shape index (κ2) is 9.81. The maximum Gasteiger partial charge on any atom is 0.319 e. The minimum Gasteiger partial charge on any atom is -0.337 e. The maximum atomic E-state index is 12.2. The Hall–Kier alpha value is -3.41. The van der Waals surface area contributed by atoms with Gasteiger partial charge in [-0.25, -0.2) is 26.8 Å². The average Bonchev–Trinajstić information content (AvgIpc) is 2.74. The molecule has 0 bridgehead atoms. The van der Waals surface area contributed by atoms with Gasteiger partial charge in [-0.3, -0.25) is 4.72 Å². The molecule has 0 aliphatic rings. The molecule has 3 aromatic carbocycles. The van der Waals surface area contributed by atoms with Crippen molar-refractivity contribution < 1.29 is 21.6 Å². The molecule has 0 saturated carbocycles. The van der Waals surface area contributed by atoms with Gasteiger partial charge in [0.25, 0.3) is 0 Å². The number of urea groups is 1. The molecule has 3 aromatic rings. The molecule has 5 N–H and O–H groups in total. The number of carbonyl (C=O) groups is 1. The molecular formula is C21H22N4O5S2. The number of benzene rings is 3. The molecule has 3 rings (SSSR count). The third-order valence-corrected chi connectivity index (χ3v) is 6.58. The second-order valence-electron chi connectivity index (χ2n) is 6.81. The Labute approximate surface area is 186 Å². The Balaban J connectivity index is 1.47. The van der Waals surface area contributed by atoms with E-state index in [9.17, 15) is 21.6 Å². The van der Waals surface area contributed by atoms with Crippen molar-refractivity contribution in [1.29, 1.82) is 0 Å². The van der Waals surface area contributed by atoms with Gasteiger partial charge < -0.3 is 10.6 Å². The molecule has 2 amide bonds. The number of anilines is 2. The number of amides is 2. The van der Waals surface area contributed by atoms with Crippen LogP contribution in [0.25, 0.3) is 11.1 Å². The van der Waals surface area contributed by atoms with Crippen molar-refractivity contribution in [3.8, 4) is 11.1 Å². The highest BCUT2D eigenvalue weighted by Crippen LogP contribution is 2.21. The van der Waals surface area contributed by atoms with Crippen molar-refractivity contribution in [3.63, 3.8) is 0 Å². The molecule has 0 radical (unpaired) electrons. The van der Waals surface area contributed by atoms with Crippen LogP contribution in [0, 0.1) is 0 Å². The zero-order valence-corrected chi connectivity index (χ0v) is 18.5. The van der Waals surface area contributed by atoms with Gasteiger partial charge in [0, 0.05) is 17.9 Å². The zero-order chi connectivity index (χ0) is 23.2. The van der Waals surface area contributed by atoms with Gasteiger partial charge in [-0.05, 0) is 47.5 Å². The van der Waals surface area contributed by atoms with Crippen LogP contribution in [0.5, 0.6) is 0 Å². The number of hydrogen-bond acceptors (Lipinski definition) is 5. The van der Waals surface area contributed by atoms with Crippen LogP contribution < -0.4 is 20.5 Å². The minimum atomic E-state index is -3.86. The van der Waals surface area contributed by atoms with Crippen molar-refractivity contribution in [2.24, 2.45) is 5.14 Å². The van der Waals surface area contributed by atoms with Crippen LogP contribution in [0.1, 0.15) is 0 Å². The van der Waals surface area contributed by atoms with Gasteiger partial charge in [0.15, 0.2) is 0 Å². The summed E-state index contributed by atoms with van der Waals surface area (Å²) in [6.45, 7) is -0.126. The summed E-state index contributed by atoms with van der Waals surface area (Å²) in [5, 5.41) is 10.1. The zero-order valence-electron chi connectivity index (χ0n) is 16.9. The van der Waals surface area contributed by atoms with E-state index in [1.807, 2.05) is 42.5 Å². The van der Waals surface area contributed by atoms with E-state index in [0.717, 1.165) is 11.1 Å². The summed E-state index contributed by atoms with van der Waals surface area (Å²) in [6, 6.07) is 21.5. The average molecular weight is 475 g/mol. The topological polar surface area (TPSA) is 147 Å². The predicted octanol–water partition coefficient (Wildman–Crippen LogP) is 2.56. The van der Waals surface area contributed by atoms with Gasteiger partial charge in [0.2, 0.25) is 20.0 Å². The Morgan fingerprint density at radius 1 is 0.750 bits per heavy atom. The third-order valence-electron chi connectivity index (χ3n) is 4.36. The molecule has 0 aliphatic heterocycles. The lowest BCUT2D eigenvalue weighted by atomic mass is 10.1. The van der Waals surface area contributed by atoms with Crippen LogP contribution in [0.4, 0.5) is 16.2 Å². The van der Waals surface area contributed by atoms with E-state index in [1.54, 1.807) is 12.1 Å². The number of nitrogens with one attached hydrogen (secondary N) is 3. The fourth-order valence-corrected chi connectivity index (χ4v) is 4.28. The normalized spacial score (nSPS) is 11.5. The van der Waals surface area contributed by atoms with E-state index in [-0.39, 0.29) is 22.9 Å². The summed E-state index contributed by atoms with van der Waals surface area (Å²) in [5.41, 5.74) is 2.81. The number of hydrogen-bond donors (Lipinski definition) is 4. The molecule has 0 aromatic heterocycles. The lowest BCUT2D eigenvalue weighted by Gasteiger charge is -2.10. The van der Waals surface area contributed by atoms with Crippen LogP contribution >= 0.6 is 0 Å². The monoisotopic (exact) mass is 474 g/mol. The van der Waals surface area contributed by atoms with Crippen LogP contribution in [-0.4, -0.2) is 35.2 Å². The summed E-state index contributed by atoms with van der Waals surface area (Å²) < 4.78 is 49.1. The predicted molar refractivity (Wildman–Crippen MR) is 124 cm³/mol. The largest absolute Gasteiger partial charge is 0.337 e. The Bertz CT molecular complexity index is 1280. The second-order valence-corrected chi connectivity index (χ2v) is 10.2. The summed E-state index contributed by atoms with van der Waals surface area (Å²) >= 11 is 0. The van der Waals surface area contributed by atoms with Gasteiger partial charge in [-0.1, -0.05) is 42.5 Å². The highest BCUT2D eigenvalue weighted by Gasteiger charge is 2.13. The molecule has 0 unspecified atom stereocenters. The Morgan fingerprint density at radius 3 is 1.91 bits per heavy atom. The summed E-state index contributed by atoms with van der Waals surface area (Å²) in [5.74, 6) is -0.371. The highest BCUT2D eigenvalue weighted by molar-refractivity contribution is 7.92. The van der Waals surface area contributed by atoms with E-state index >= 15 is 0 Å². The van der Waals surface area contributed by atoms with Gasteiger partial charge in [-0.2, -0.15) is 0 Å². The van der Waals surface area contributed by atoms with Gasteiger partial charge >= 0.3 is 6.03 Å². The quantitative estimate of drug-likeness (QED) is 0.396. The molecule has 0 heterocycles.